The smallest absolute Gasteiger partial charge is 0.407 e. The molecule has 0 fully saturated rings. The van der Waals surface area contributed by atoms with E-state index < -0.39 is 11.7 Å². The van der Waals surface area contributed by atoms with Gasteiger partial charge in [0.1, 0.15) is 17.1 Å². The van der Waals surface area contributed by atoms with Crippen LogP contribution in [0.5, 0.6) is 0 Å². The van der Waals surface area contributed by atoms with E-state index in [1.165, 1.54) is 12.1 Å². The van der Waals surface area contributed by atoms with E-state index in [0.29, 0.717) is 18.8 Å². The minimum absolute atomic E-state index is 0.159. The zero-order valence-electron chi connectivity index (χ0n) is 19.6. The minimum Gasteiger partial charge on any atom is -0.444 e. The van der Waals surface area contributed by atoms with Crippen molar-refractivity contribution in [1.29, 1.82) is 0 Å². The number of nitrogens with one attached hydrogen (secondary N) is 3. The van der Waals surface area contributed by atoms with E-state index in [2.05, 4.69) is 22.5 Å². The maximum atomic E-state index is 13.2. The minimum atomic E-state index is -0.507. The van der Waals surface area contributed by atoms with Crippen LogP contribution in [0.2, 0.25) is 0 Å². The van der Waals surface area contributed by atoms with Crippen LogP contribution in [0, 0.1) is 11.7 Å². The van der Waals surface area contributed by atoms with Gasteiger partial charge in [-0.3, -0.25) is 4.79 Å². The molecule has 1 aromatic heterocycles. The summed E-state index contributed by atoms with van der Waals surface area (Å²) in [4.78, 5) is 27.4. The van der Waals surface area contributed by atoms with Crippen molar-refractivity contribution in [2.75, 3.05) is 13.1 Å². The molecular weight excluding hydrogens is 421 g/mol. The number of amides is 2. The van der Waals surface area contributed by atoms with Crippen LogP contribution >= 0.6 is 0 Å². The molecule has 0 saturated heterocycles. The summed E-state index contributed by atoms with van der Waals surface area (Å²) in [6, 6.07) is 14.0. The Balaban J connectivity index is 1.47. The van der Waals surface area contributed by atoms with Gasteiger partial charge in [-0.25, -0.2) is 9.18 Å². The molecule has 1 atom stereocenters. The number of benzene rings is 2. The lowest BCUT2D eigenvalue weighted by atomic mass is 10.0. The van der Waals surface area contributed by atoms with Crippen LogP contribution < -0.4 is 10.6 Å². The average Bonchev–Trinajstić information content (AvgIpc) is 3.18. The predicted molar refractivity (Wildman–Crippen MR) is 129 cm³/mol. The lowest BCUT2D eigenvalue weighted by molar-refractivity contribution is 0.0526. The molecule has 3 rings (SSSR count). The maximum absolute atomic E-state index is 13.2. The third-order valence-electron chi connectivity index (χ3n) is 5.20. The summed E-state index contributed by atoms with van der Waals surface area (Å²) < 4.78 is 18.4. The van der Waals surface area contributed by atoms with E-state index in [1.807, 2.05) is 45.0 Å². The fourth-order valence-electron chi connectivity index (χ4n) is 3.49. The number of alkyl carbamates (subject to hydrolysis) is 1. The number of aromatic amines is 1. The van der Waals surface area contributed by atoms with E-state index in [-0.39, 0.29) is 17.6 Å². The quantitative estimate of drug-likeness (QED) is 0.386. The van der Waals surface area contributed by atoms with Crippen molar-refractivity contribution in [3.8, 4) is 11.1 Å². The van der Waals surface area contributed by atoms with Gasteiger partial charge in [-0.05, 0) is 74.9 Å². The summed E-state index contributed by atoms with van der Waals surface area (Å²) in [5, 5.41) is 6.65. The van der Waals surface area contributed by atoms with Gasteiger partial charge in [-0.15, -0.1) is 0 Å². The molecule has 1 heterocycles. The van der Waals surface area contributed by atoms with Gasteiger partial charge >= 0.3 is 6.09 Å². The Morgan fingerprint density at radius 1 is 1.03 bits per heavy atom. The number of halogens is 1. The Labute approximate surface area is 193 Å². The van der Waals surface area contributed by atoms with Gasteiger partial charge < -0.3 is 20.4 Å². The summed E-state index contributed by atoms with van der Waals surface area (Å²) in [7, 11) is 0. The van der Waals surface area contributed by atoms with Crippen LogP contribution in [0.3, 0.4) is 0 Å². The summed E-state index contributed by atoms with van der Waals surface area (Å²) in [5.41, 5.74) is 2.70. The summed E-state index contributed by atoms with van der Waals surface area (Å²) in [6.07, 6.45) is 1.25. The number of ether oxygens (including phenoxy) is 1. The van der Waals surface area contributed by atoms with Crippen LogP contribution in [-0.4, -0.2) is 35.7 Å². The first kappa shape index (κ1) is 24.3. The van der Waals surface area contributed by atoms with Gasteiger partial charge in [0.05, 0.1) is 0 Å². The molecule has 0 saturated carbocycles. The van der Waals surface area contributed by atoms with Gasteiger partial charge in [-0.1, -0.05) is 31.2 Å². The number of rotatable bonds is 8. The highest BCUT2D eigenvalue weighted by Crippen LogP contribution is 2.25. The topological polar surface area (TPSA) is 83.2 Å². The fourth-order valence-corrected chi connectivity index (χ4v) is 3.49. The molecule has 0 unspecified atom stereocenters. The lowest BCUT2D eigenvalue weighted by Crippen LogP contribution is -2.33. The third-order valence-corrected chi connectivity index (χ3v) is 5.20. The van der Waals surface area contributed by atoms with Crippen molar-refractivity contribution in [1.82, 2.24) is 15.6 Å². The highest BCUT2D eigenvalue weighted by atomic mass is 19.1. The average molecular weight is 454 g/mol. The summed E-state index contributed by atoms with van der Waals surface area (Å²) >= 11 is 0. The highest BCUT2D eigenvalue weighted by molar-refractivity contribution is 5.98. The van der Waals surface area contributed by atoms with Crippen molar-refractivity contribution in [3.05, 3.63) is 60.0 Å². The molecule has 0 radical (unpaired) electrons. The molecule has 0 aliphatic heterocycles. The zero-order chi connectivity index (χ0) is 24.0. The first-order valence-corrected chi connectivity index (χ1v) is 11.2. The van der Waals surface area contributed by atoms with Gasteiger partial charge in [0.25, 0.3) is 5.91 Å². The van der Waals surface area contributed by atoms with Crippen LogP contribution in [0.4, 0.5) is 9.18 Å². The first-order valence-electron chi connectivity index (χ1n) is 11.2. The first-order chi connectivity index (χ1) is 15.6. The van der Waals surface area contributed by atoms with E-state index in [4.69, 9.17) is 4.74 Å². The van der Waals surface area contributed by atoms with Gasteiger partial charge in [0.15, 0.2) is 0 Å². The predicted octanol–water partition coefficient (Wildman–Crippen LogP) is 5.64. The summed E-state index contributed by atoms with van der Waals surface area (Å²) in [5.74, 6) is -0.163. The van der Waals surface area contributed by atoms with Gasteiger partial charge in [0.2, 0.25) is 0 Å². The van der Waals surface area contributed by atoms with Crippen LogP contribution in [0.25, 0.3) is 22.0 Å². The Morgan fingerprint density at radius 3 is 2.42 bits per heavy atom. The molecule has 176 valence electrons. The number of hydrogen-bond acceptors (Lipinski definition) is 3. The van der Waals surface area contributed by atoms with Crippen molar-refractivity contribution in [2.45, 2.75) is 46.1 Å². The number of hydrogen-bond donors (Lipinski definition) is 3. The maximum Gasteiger partial charge on any atom is 0.407 e. The normalized spacial score (nSPS) is 12.4. The number of carbonyl (C=O) groups is 2. The molecule has 0 spiro atoms. The van der Waals surface area contributed by atoms with E-state index in [0.717, 1.165) is 34.9 Å². The van der Waals surface area contributed by atoms with Crippen LogP contribution in [0.1, 0.15) is 51.0 Å². The molecule has 3 N–H and O–H groups in total. The van der Waals surface area contributed by atoms with E-state index >= 15 is 0 Å². The molecule has 0 aliphatic carbocycles. The Hall–Kier alpha value is -3.35. The Kier molecular flexibility index (Phi) is 7.74. The highest BCUT2D eigenvalue weighted by Gasteiger charge is 2.16. The molecule has 3 aromatic rings. The molecule has 2 aromatic carbocycles. The number of aromatic nitrogens is 1. The number of carbonyl (C=O) groups excluding carboxylic acids is 2. The molecule has 0 aliphatic rings. The number of H-pyrrole nitrogens is 1. The Bertz CT molecular complexity index is 1100. The molecule has 2 amide bonds. The zero-order valence-corrected chi connectivity index (χ0v) is 19.6. The molecule has 0 bridgehead atoms. The van der Waals surface area contributed by atoms with E-state index in [9.17, 15) is 14.0 Å². The van der Waals surface area contributed by atoms with E-state index in [1.54, 1.807) is 12.1 Å². The molecule has 7 heteroatoms. The molecule has 33 heavy (non-hydrogen) atoms. The summed E-state index contributed by atoms with van der Waals surface area (Å²) in [6.45, 7) is 8.62. The molecular formula is C26H32FN3O3. The van der Waals surface area contributed by atoms with Crippen LogP contribution in [0.15, 0.2) is 48.5 Å². The molecule has 6 nitrogen and oxygen atoms in total. The van der Waals surface area contributed by atoms with Crippen molar-refractivity contribution in [2.24, 2.45) is 5.92 Å². The third kappa shape index (κ3) is 7.34. The van der Waals surface area contributed by atoms with Crippen molar-refractivity contribution < 1.29 is 18.7 Å². The van der Waals surface area contributed by atoms with Crippen molar-refractivity contribution in [3.63, 3.8) is 0 Å². The SMILES string of the molecule is C[C@H](CCCNC(=O)OC(C)(C)C)CNC(=O)c1cc2ccc(-c3ccc(F)cc3)cc2[nH]1. The largest absolute Gasteiger partial charge is 0.444 e. The Morgan fingerprint density at radius 2 is 1.73 bits per heavy atom. The van der Waals surface area contributed by atoms with Gasteiger partial charge in [0, 0.05) is 24.0 Å². The second-order valence-corrected chi connectivity index (χ2v) is 9.38. The van der Waals surface area contributed by atoms with Crippen molar-refractivity contribution >= 4 is 22.9 Å². The lowest BCUT2D eigenvalue weighted by Gasteiger charge is -2.20. The van der Waals surface area contributed by atoms with Crippen LogP contribution in [-0.2, 0) is 4.74 Å². The fraction of sp³-hybridized carbons (Fsp3) is 0.385. The van der Waals surface area contributed by atoms with Gasteiger partial charge in [-0.2, -0.15) is 0 Å². The monoisotopic (exact) mass is 453 g/mol. The second kappa shape index (κ2) is 10.5. The number of fused-ring (bicyclic) bond motifs is 1. The standard InChI is InChI=1S/C26H32FN3O3/c1-17(6-5-13-28-25(32)33-26(2,3)4)16-29-24(31)23-15-20-8-7-19(14-22(20)30-23)18-9-11-21(27)12-10-18/h7-12,14-15,17,30H,5-6,13,16H2,1-4H3,(H,28,32)(H,29,31)/t17-/m1/s1. The second-order valence-electron chi connectivity index (χ2n) is 9.38.